The van der Waals surface area contributed by atoms with E-state index >= 15 is 0 Å². The number of benzene rings is 1. The number of nitriles is 2. The highest BCUT2D eigenvalue weighted by atomic mass is 31.2. The van der Waals surface area contributed by atoms with Gasteiger partial charge in [0.15, 0.2) is 0 Å². The molecule has 15 nitrogen and oxygen atoms in total. The number of nitrogens with zero attached hydrogens (tertiary/aromatic N) is 2. The fraction of sp³-hybridized carbons (Fsp3) is 0.897. The van der Waals surface area contributed by atoms with E-state index in [1.807, 2.05) is 42.5 Å². The van der Waals surface area contributed by atoms with E-state index in [4.69, 9.17) is 50.8 Å². The number of phosphoric ester groups is 2. The highest BCUT2D eigenvalue weighted by molar-refractivity contribution is 7.48. The Morgan fingerprint density at radius 3 is 0.800 bits per heavy atom. The van der Waals surface area contributed by atoms with Gasteiger partial charge in [-0.25, -0.2) is 9.13 Å². The quantitative estimate of drug-likeness (QED) is 0.0443. The van der Waals surface area contributed by atoms with Gasteiger partial charge in [0.25, 0.3) is 0 Å². The van der Waals surface area contributed by atoms with Crippen LogP contribution in [0, 0.1) is 22.7 Å². The van der Waals surface area contributed by atoms with Crippen molar-refractivity contribution in [2.75, 3.05) is 79.3 Å². The average Bonchev–Trinajstić information content (AvgIpc) is 1.06. The van der Waals surface area contributed by atoms with Crippen LogP contribution in [0.1, 0.15) is 354 Å². The number of rotatable bonds is 79. The highest BCUT2D eigenvalue weighted by Gasteiger charge is 2.34. The van der Waals surface area contributed by atoms with Crippen molar-refractivity contribution in [1.29, 1.82) is 10.5 Å². The summed E-state index contributed by atoms with van der Waals surface area (Å²) in [4.78, 5) is 0. The van der Waals surface area contributed by atoms with Crippen LogP contribution < -0.4 is 0 Å². The van der Waals surface area contributed by atoms with Crippen molar-refractivity contribution >= 4 is 15.6 Å². The topological polar surface area (TPSA) is 183 Å². The first-order valence-electron chi connectivity index (χ1n) is 39.6. The minimum Gasteiger partial charge on any atom is -0.379 e. The van der Waals surface area contributed by atoms with Gasteiger partial charge in [0.2, 0.25) is 0 Å². The molecule has 4 atom stereocenters. The van der Waals surface area contributed by atoms with Gasteiger partial charge in [-0.2, -0.15) is 10.5 Å². The molecule has 0 aliphatic rings. The number of phosphoric acid groups is 2. The summed E-state index contributed by atoms with van der Waals surface area (Å²) in [5, 5.41) is 19.0. The molecule has 0 saturated carbocycles. The summed E-state index contributed by atoms with van der Waals surface area (Å²) in [5.74, 6) is 0. The fourth-order valence-electron chi connectivity index (χ4n) is 11.5. The first kappa shape index (κ1) is 91.2. The molecule has 1 rings (SSSR count). The zero-order valence-corrected chi connectivity index (χ0v) is 63.6. The smallest absolute Gasteiger partial charge is 0.379 e. The molecule has 0 radical (unpaired) electrons. The van der Waals surface area contributed by atoms with Crippen molar-refractivity contribution in [2.45, 2.75) is 374 Å². The number of ether oxygens (including phenoxy) is 5. The molecule has 0 fully saturated rings. The van der Waals surface area contributed by atoms with Crippen LogP contribution in [0.15, 0.2) is 30.3 Å². The van der Waals surface area contributed by atoms with Crippen molar-refractivity contribution in [1.82, 2.24) is 0 Å². The lowest BCUT2D eigenvalue weighted by Crippen LogP contribution is -2.29. The van der Waals surface area contributed by atoms with Crippen LogP contribution in [0.3, 0.4) is 0 Å². The van der Waals surface area contributed by atoms with Crippen molar-refractivity contribution < 1.29 is 60.0 Å². The van der Waals surface area contributed by atoms with Crippen molar-refractivity contribution in [3.63, 3.8) is 0 Å². The number of unbranched alkanes of at least 4 members (excludes halogenated alkanes) is 44. The van der Waals surface area contributed by atoms with E-state index in [1.54, 1.807) is 0 Å². The summed E-state index contributed by atoms with van der Waals surface area (Å²) >= 11 is 0. The van der Waals surface area contributed by atoms with Gasteiger partial charge in [-0.3, -0.25) is 27.1 Å². The normalized spacial score (nSPS) is 14.0. The maximum Gasteiger partial charge on any atom is 0.475 e. The molecule has 0 saturated heterocycles. The third kappa shape index (κ3) is 62.9. The van der Waals surface area contributed by atoms with E-state index < -0.39 is 34.0 Å². The second-order valence-electron chi connectivity index (χ2n) is 26.7. The minimum absolute atomic E-state index is 0.0517. The van der Waals surface area contributed by atoms with Crippen molar-refractivity contribution in [3.8, 4) is 12.1 Å². The first-order chi connectivity index (χ1) is 46.8. The monoisotopic (exact) mass is 1380 g/mol. The molecular weight excluding hydrogens is 1230 g/mol. The van der Waals surface area contributed by atoms with Gasteiger partial charge in [0, 0.05) is 26.4 Å². The molecule has 0 amide bonds. The molecule has 1 aromatic carbocycles. The third-order valence-corrected chi connectivity index (χ3v) is 20.4. The second kappa shape index (κ2) is 72.0. The van der Waals surface area contributed by atoms with Gasteiger partial charge in [0.1, 0.15) is 18.3 Å². The first-order valence-corrected chi connectivity index (χ1v) is 42.5. The highest BCUT2D eigenvalue weighted by Crippen LogP contribution is 2.52. The molecule has 0 aromatic heterocycles. The molecule has 0 heterocycles. The third-order valence-electron chi connectivity index (χ3n) is 17.5. The summed E-state index contributed by atoms with van der Waals surface area (Å²) in [5.41, 5.74) is 0.847. The molecule has 0 aliphatic carbocycles. The summed E-state index contributed by atoms with van der Waals surface area (Å²) in [6.45, 7) is 10.3. The Hall–Kier alpha value is -1.78. The van der Waals surface area contributed by atoms with E-state index in [-0.39, 0.29) is 72.3 Å². The Morgan fingerprint density at radius 1 is 0.295 bits per heavy atom. The Morgan fingerprint density at radius 2 is 0.537 bits per heavy atom. The molecule has 95 heavy (non-hydrogen) atoms. The largest absolute Gasteiger partial charge is 0.475 e. The fourth-order valence-corrected chi connectivity index (χ4v) is 13.9. The SMILES string of the molecule is CCCCCCCCCCCCCCOC[C@H](COP(=O)(OCCC#N)OCC(COP(=O)(OCCC#N)OC[C@@H](COCCCCCCCCCCCCCC)OCCCCCCCCCCCCCC)OCc1ccccc1)OCCCCCCCCCCCCCC. The van der Waals surface area contributed by atoms with Crippen LogP contribution in [0.5, 0.6) is 0 Å². The van der Waals surface area contributed by atoms with Gasteiger partial charge in [-0.05, 0) is 31.2 Å². The predicted molar refractivity (Wildman–Crippen MR) is 392 cm³/mol. The van der Waals surface area contributed by atoms with Crippen molar-refractivity contribution in [3.05, 3.63) is 35.9 Å². The molecular formula is C78H146N2O13P2. The average molecular weight is 1380 g/mol. The van der Waals surface area contributed by atoms with Crippen molar-refractivity contribution in [2.24, 2.45) is 0 Å². The van der Waals surface area contributed by atoms with Gasteiger partial charge in [-0.15, -0.1) is 0 Å². The molecule has 17 heteroatoms. The molecule has 0 aliphatic heterocycles. The molecule has 0 spiro atoms. The Kier molecular flexibility index (Phi) is 69.2. The zero-order valence-electron chi connectivity index (χ0n) is 61.8. The Bertz CT molecular complexity index is 1800. The summed E-state index contributed by atoms with van der Waals surface area (Å²) < 4.78 is 96.7. The van der Waals surface area contributed by atoms with Crippen LogP contribution in [-0.2, 0) is 66.6 Å². The molecule has 0 bridgehead atoms. The summed E-state index contributed by atoms with van der Waals surface area (Å²) in [6, 6.07) is 13.6. The van der Waals surface area contributed by atoms with Gasteiger partial charge < -0.3 is 23.7 Å². The Labute approximate surface area is 584 Å². The number of hydrogen-bond acceptors (Lipinski definition) is 15. The zero-order chi connectivity index (χ0) is 68.6. The second-order valence-corrected chi connectivity index (χ2v) is 30.0. The number of hydrogen-bond donors (Lipinski definition) is 0. The van der Waals surface area contributed by atoms with Gasteiger partial charge in [0.05, 0.1) is 84.4 Å². The maximum atomic E-state index is 14.7. The lowest BCUT2D eigenvalue weighted by Gasteiger charge is -2.26. The molecule has 1 aromatic rings. The van der Waals surface area contributed by atoms with E-state index in [9.17, 15) is 19.7 Å². The van der Waals surface area contributed by atoms with E-state index in [0.29, 0.717) is 26.4 Å². The predicted octanol–water partition coefficient (Wildman–Crippen LogP) is 24.3. The summed E-state index contributed by atoms with van der Waals surface area (Å²) in [6.07, 6.45) is 57.6. The van der Waals surface area contributed by atoms with Gasteiger partial charge in [-0.1, -0.05) is 341 Å². The van der Waals surface area contributed by atoms with Gasteiger partial charge >= 0.3 is 15.6 Å². The standard InChI is InChI=1S/C78H146N2O13P2/c1-5-9-13-17-21-25-29-33-37-41-45-52-62-83-69-76(85-64-54-47-43-39-35-31-27-23-19-15-11-7-3)71-90-94(81,88-66-56-60-79)92-73-78(87-68-75-58-50-49-51-59-75)74-93-95(82,89-67-57-61-80)91-72-77(86-65-55-48-44-40-36-32-28-24-20-16-12-8-4)70-84-63-53-46-42-38-34-30-26-22-18-14-10-6-2/h49-51,58-59,76-78H,5-48,52-57,62-74H2,1-4H3/t76-,77-,78?,94?,95?/m1/s1. The van der Waals surface area contributed by atoms with Crippen LogP contribution in [-0.4, -0.2) is 97.6 Å². The van der Waals surface area contributed by atoms with Crippen LogP contribution in [0.25, 0.3) is 0 Å². The molecule has 0 N–H and O–H groups in total. The van der Waals surface area contributed by atoms with E-state index in [1.165, 1.54) is 244 Å². The Balaban J connectivity index is 3.14. The molecule has 556 valence electrons. The van der Waals surface area contributed by atoms with Crippen LogP contribution in [0.2, 0.25) is 0 Å². The van der Waals surface area contributed by atoms with E-state index in [0.717, 1.165) is 69.8 Å². The summed E-state index contributed by atoms with van der Waals surface area (Å²) in [7, 11) is -8.78. The van der Waals surface area contributed by atoms with Crippen LogP contribution >= 0.6 is 15.6 Å². The lowest BCUT2D eigenvalue weighted by molar-refractivity contribution is -0.0593. The van der Waals surface area contributed by atoms with E-state index in [2.05, 4.69) is 27.7 Å². The molecule has 2 unspecified atom stereocenters. The maximum absolute atomic E-state index is 14.7. The van der Waals surface area contributed by atoms with Crippen LogP contribution in [0.4, 0.5) is 0 Å². The minimum atomic E-state index is -4.39. The lowest BCUT2D eigenvalue weighted by atomic mass is 10.1.